The predicted octanol–water partition coefficient (Wildman–Crippen LogP) is 0.150. The minimum Gasteiger partial charge on any atom is -0.396 e. The zero-order valence-electron chi connectivity index (χ0n) is 5.11. The molecule has 0 rings (SSSR count). The maximum atomic E-state index is 8.25. The first-order chi connectivity index (χ1) is 3.65. The number of nitrogens with zero attached hydrogens (tertiary/aromatic N) is 1. The molecule has 0 bridgehead atoms. The summed E-state index contributed by atoms with van der Waals surface area (Å²) in [5.74, 6) is 0. The molecule has 1 radical (unpaired) electrons. The van der Waals surface area contributed by atoms with Crippen LogP contribution in [-0.4, -0.2) is 16.8 Å². The molecular formula is C3H8LaNO4-. The Morgan fingerprint density at radius 3 is 1.67 bits per heavy atom. The molecule has 0 saturated heterocycles. The molecule has 53 valence electrons. The molecule has 0 aromatic rings. The van der Waals surface area contributed by atoms with Crippen LogP contribution in [0.15, 0.2) is 0 Å². The van der Waals surface area contributed by atoms with Crippen molar-refractivity contribution in [3.05, 3.63) is 15.3 Å². The van der Waals surface area contributed by atoms with Gasteiger partial charge in [0.2, 0.25) is 0 Å². The number of aliphatic hydroxyl groups is 1. The minimum absolute atomic E-state index is 0. The predicted molar refractivity (Wildman–Crippen MR) is 27.7 cm³/mol. The van der Waals surface area contributed by atoms with Crippen LogP contribution in [0.1, 0.15) is 13.3 Å². The van der Waals surface area contributed by atoms with Gasteiger partial charge in [0, 0.05) is 42.2 Å². The third kappa shape index (κ3) is 184. The molecule has 0 aliphatic carbocycles. The fraction of sp³-hybridized carbons (Fsp3) is 1.00. The van der Waals surface area contributed by atoms with E-state index in [1.807, 2.05) is 6.92 Å². The van der Waals surface area contributed by atoms with Crippen molar-refractivity contribution >= 4 is 0 Å². The number of hydrogen-bond acceptors (Lipinski definition) is 4. The molecule has 0 aliphatic rings. The summed E-state index contributed by atoms with van der Waals surface area (Å²) in [5.41, 5.74) is 0. The van der Waals surface area contributed by atoms with Gasteiger partial charge in [-0.2, -0.15) is 0 Å². The molecule has 0 unspecified atom stereocenters. The molecule has 0 aliphatic heterocycles. The molecule has 0 atom stereocenters. The van der Waals surface area contributed by atoms with Gasteiger partial charge in [-0.1, -0.05) is 6.92 Å². The van der Waals surface area contributed by atoms with Gasteiger partial charge in [0.1, 0.15) is 0 Å². The van der Waals surface area contributed by atoms with Gasteiger partial charge in [-0.25, -0.2) is 0 Å². The fourth-order valence-corrected chi connectivity index (χ4v) is 0. The van der Waals surface area contributed by atoms with E-state index in [1.54, 1.807) is 0 Å². The zero-order valence-corrected chi connectivity index (χ0v) is 8.74. The molecule has 0 fully saturated rings. The molecule has 0 aromatic carbocycles. The molecule has 1 N–H and O–H groups in total. The Bertz CT molecular complexity index is 53.8. The van der Waals surface area contributed by atoms with E-state index in [4.69, 9.17) is 20.4 Å². The van der Waals surface area contributed by atoms with Crippen molar-refractivity contribution in [2.24, 2.45) is 0 Å². The monoisotopic (exact) mass is 261 g/mol. The van der Waals surface area contributed by atoms with Crippen LogP contribution >= 0.6 is 0 Å². The summed E-state index contributed by atoms with van der Waals surface area (Å²) in [6.45, 7) is 2.25. The Morgan fingerprint density at radius 1 is 1.56 bits per heavy atom. The Balaban J connectivity index is -0.0000000720. The van der Waals surface area contributed by atoms with Crippen molar-refractivity contribution in [1.82, 2.24) is 0 Å². The van der Waals surface area contributed by atoms with Crippen molar-refractivity contribution in [2.75, 3.05) is 6.61 Å². The van der Waals surface area contributed by atoms with Gasteiger partial charge in [-0.15, -0.1) is 0 Å². The van der Waals surface area contributed by atoms with E-state index in [-0.39, 0.29) is 35.6 Å². The van der Waals surface area contributed by atoms with Crippen LogP contribution in [0.3, 0.4) is 0 Å². The summed E-state index contributed by atoms with van der Waals surface area (Å²) in [6, 6.07) is 0. The largest absolute Gasteiger partial charge is 0.396 e. The van der Waals surface area contributed by atoms with Crippen molar-refractivity contribution in [3.63, 3.8) is 0 Å². The van der Waals surface area contributed by atoms with E-state index < -0.39 is 5.09 Å². The van der Waals surface area contributed by atoms with Crippen LogP contribution in [0, 0.1) is 50.9 Å². The molecule has 9 heavy (non-hydrogen) atoms. The quantitative estimate of drug-likeness (QED) is 0.537. The molecule has 0 heterocycles. The Labute approximate surface area is 80.8 Å². The van der Waals surface area contributed by atoms with Crippen molar-refractivity contribution in [3.8, 4) is 0 Å². The molecular weight excluding hydrogens is 253 g/mol. The van der Waals surface area contributed by atoms with Crippen molar-refractivity contribution in [1.29, 1.82) is 0 Å². The van der Waals surface area contributed by atoms with Crippen LogP contribution in [-0.2, 0) is 0 Å². The second-order valence-corrected chi connectivity index (χ2v) is 0.947. The summed E-state index contributed by atoms with van der Waals surface area (Å²) in [5, 5.41) is 22.6. The van der Waals surface area contributed by atoms with Gasteiger partial charge in [0.25, 0.3) is 0 Å². The van der Waals surface area contributed by atoms with E-state index in [1.165, 1.54) is 0 Å². The number of rotatable bonds is 1. The summed E-state index contributed by atoms with van der Waals surface area (Å²) in [7, 11) is 0. The Kier molecular flexibility index (Phi) is 28.3. The molecule has 0 spiro atoms. The summed E-state index contributed by atoms with van der Waals surface area (Å²) < 4.78 is 0. The van der Waals surface area contributed by atoms with Gasteiger partial charge < -0.3 is 20.4 Å². The van der Waals surface area contributed by atoms with Gasteiger partial charge in [0.15, 0.2) is 0 Å². The zero-order chi connectivity index (χ0) is 6.99. The van der Waals surface area contributed by atoms with E-state index in [0.29, 0.717) is 6.61 Å². The first-order valence-corrected chi connectivity index (χ1v) is 2.07. The summed E-state index contributed by atoms with van der Waals surface area (Å²) in [6.07, 6.45) is 0.875. The average molecular weight is 261 g/mol. The number of hydrogen-bond donors (Lipinski definition) is 1. The van der Waals surface area contributed by atoms with Gasteiger partial charge >= 0.3 is 0 Å². The van der Waals surface area contributed by atoms with E-state index in [2.05, 4.69) is 0 Å². The fourth-order valence-electron chi connectivity index (χ4n) is 0. The van der Waals surface area contributed by atoms with Crippen LogP contribution in [0.4, 0.5) is 0 Å². The van der Waals surface area contributed by atoms with Crippen LogP contribution in [0.2, 0.25) is 0 Å². The maximum Gasteiger partial charge on any atom is 0.0689 e. The minimum atomic E-state index is -1.75. The van der Waals surface area contributed by atoms with E-state index >= 15 is 0 Å². The van der Waals surface area contributed by atoms with E-state index in [9.17, 15) is 0 Å². The van der Waals surface area contributed by atoms with Crippen molar-refractivity contribution < 1.29 is 45.8 Å². The third-order valence-electron chi connectivity index (χ3n) is 0.224. The van der Waals surface area contributed by atoms with Crippen LogP contribution in [0.25, 0.3) is 0 Å². The SMILES string of the molecule is CCCO.O=[N+]([O-])[O-].[La]. The number of aliphatic hydroxyl groups excluding tert-OH is 1. The molecule has 0 saturated carbocycles. The topological polar surface area (TPSA) is 86.4 Å². The second kappa shape index (κ2) is 15.8. The van der Waals surface area contributed by atoms with Gasteiger partial charge in [0.05, 0.1) is 5.09 Å². The first kappa shape index (κ1) is 16.2. The van der Waals surface area contributed by atoms with Crippen LogP contribution < -0.4 is 0 Å². The molecule has 5 nitrogen and oxygen atoms in total. The third-order valence-corrected chi connectivity index (χ3v) is 0.224. The maximum absolute atomic E-state index is 8.25. The average Bonchev–Trinajstić information content (AvgIpc) is 1.65. The smallest absolute Gasteiger partial charge is 0.0689 e. The first-order valence-electron chi connectivity index (χ1n) is 2.07. The second-order valence-electron chi connectivity index (χ2n) is 0.947. The summed E-state index contributed by atoms with van der Waals surface area (Å²) in [4.78, 5) is 8.25. The molecule has 0 aromatic heterocycles. The van der Waals surface area contributed by atoms with E-state index in [0.717, 1.165) is 6.42 Å². The Hall–Kier alpha value is 0.355. The van der Waals surface area contributed by atoms with Crippen LogP contribution in [0.5, 0.6) is 0 Å². The van der Waals surface area contributed by atoms with Gasteiger partial charge in [-0.05, 0) is 6.42 Å². The standard InChI is InChI=1S/C3H8O.La.NO3/c1-2-3-4;;2-1(3)4/h4H,2-3H2,1H3;;/q;;-1. The molecule has 6 heteroatoms. The van der Waals surface area contributed by atoms with Gasteiger partial charge in [-0.3, -0.25) is 0 Å². The van der Waals surface area contributed by atoms with Crippen molar-refractivity contribution in [2.45, 2.75) is 13.3 Å². The normalized spacial score (nSPS) is 6.00. The summed E-state index contributed by atoms with van der Waals surface area (Å²) >= 11 is 0. The molecule has 0 amide bonds. The Morgan fingerprint density at radius 2 is 1.67 bits per heavy atom.